The fraction of sp³-hybridized carbons (Fsp3) is 0.625. The SMILES string of the molecule is CCC(C#N)N1CCN(C(=O)CCCc2cccs2)CC1. The molecule has 21 heavy (non-hydrogen) atoms. The number of nitrogens with zero attached hydrogens (tertiary/aromatic N) is 3. The summed E-state index contributed by atoms with van der Waals surface area (Å²) >= 11 is 1.76. The van der Waals surface area contributed by atoms with Gasteiger partial charge in [0.15, 0.2) is 0 Å². The number of carbonyl (C=O) groups excluding carboxylic acids is 1. The Labute approximate surface area is 131 Å². The highest BCUT2D eigenvalue weighted by molar-refractivity contribution is 7.09. The topological polar surface area (TPSA) is 47.3 Å². The number of hydrogen-bond acceptors (Lipinski definition) is 4. The fourth-order valence-corrected chi connectivity index (χ4v) is 3.49. The molecule has 1 aromatic heterocycles. The number of aryl methyl sites for hydroxylation is 1. The molecule has 1 atom stereocenters. The molecule has 1 aromatic rings. The van der Waals surface area contributed by atoms with Gasteiger partial charge in [-0.15, -0.1) is 11.3 Å². The lowest BCUT2D eigenvalue weighted by molar-refractivity contribution is -0.133. The van der Waals surface area contributed by atoms with E-state index in [0.29, 0.717) is 6.42 Å². The van der Waals surface area contributed by atoms with Crippen LogP contribution in [0.25, 0.3) is 0 Å². The smallest absolute Gasteiger partial charge is 0.222 e. The third-order valence-corrected chi connectivity index (χ3v) is 4.97. The van der Waals surface area contributed by atoms with Gasteiger partial charge in [0.1, 0.15) is 0 Å². The lowest BCUT2D eigenvalue weighted by Crippen LogP contribution is -2.51. The van der Waals surface area contributed by atoms with Crippen LogP contribution >= 0.6 is 11.3 Å². The highest BCUT2D eigenvalue weighted by Gasteiger charge is 2.24. The maximum absolute atomic E-state index is 12.2. The molecule has 114 valence electrons. The van der Waals surface area contributed by atoms with Crippen molar-refractivity contribution in [2.45, 2.75) is 38.6 Å². The molecular formula is C16H23N3OS. The van der Waals surface area contributed by atoms with Crippen LogP contribution in [-0.4, -0.2) is 47.9 Å². The molecule has 1 fully saturated rings. The van der Waals surface area contributed by atoms with Gasteiger partial charge in [0.25, 0.3) is 0 Å². The molecule has 0 saturated carbocycles. The van der Waals surface area contributed by atoms with Gasteiger partial charge in [0.05, 0.1) is 12.1 Å². The molecule has 2 rings (SSSR count). The van der Waals surface area contributed by atoms with Crippen LogP contribution < -0.4 is 0 Å². The molecular weight excluding hydrogens is 282 g/mol. The molecule has 5 heteroatoms. The van der Waals surface area contributed by atoms with Gasteiger partial charge >= 0.3 is 0 Å². The lowest BCUT2D eigenvalue weighted by atomic mass is 10.1. The number of nitriles is 1. The van der Waals surface area contributed by atoms with E-state index >= 15 is 0 Å². The van der Waals surface area contributed by atoms with E-state index in [2.05, 4.69) is 28.5 Å². The number of rotatable bonds is 6. The second kappa shape index (κ2) is 8.16. The second-order valence-electron chi connectivity index (χ2n) is 5.40. The number of amides is 1. The zero-order valence-corrected chi connectivity index (χ0v) is 13.4. The summed E-state index contributed by atoms with van der Waals surface area (Å²) in [7, 11) is 0. The van der Waals surface area contributed by atoms with Crippen LogP contribution in [0.15, 0.2) is 17.5 Å². The van der Waals surface area contributed by atoms with E-state index in [-0.39, 0.29) is 11.9 Å². The summed E-state index contributed by atoms with van der Waals surface area (Å²) in [5.74, 6) is 0.260. The summed E-state index contributed by atoms with van der Waals surface area (Å²) in [5, 5.41) is 11.2. The van der Waals surface area contributed by atoms with E-state index in [0.717, 1.165) is 45.4 Å². The maximum Gasteiger partial charge on any atom is 0.222 e. The van der Waals surface area contributed by atoms with Crippen LogP contribution in [-0.2, 0) is 11.2 Å². The summed E-state index contributed by atoms with van der Waals surface area (Å²) in [5.41, 5.74) is 0. The zero-order valence-electron chi connectivity index (χ0n) is 12.6. The standard InChI is InChI=1S/C16H23N3OS/c1-2-14(13-17)18-8-10-19(11-9-18)16(20)7-3-5-15-6-4-12-21-15/h4,6,12,14H,2-3,5,7-11H2,1H3. The van der Waals surface area contributed by atoms with Crippen molar-refractivity contribution < 1.29 is 4.79 Å². The Hall–Kier alpha value is -1.38. The number of carbonyl (C=O) groups is 1. The maximum atomic E-state index is 12.2. The molecule has 0 radical (unpaired) electrons. The molecule has 4 nitrogen and oxygen atoms in total. The average Bonchev–Trinajstić information content (AvgIpc) is 3.02. The predicted molar refractivity (Wildman–Crippen MR) is 85.1 cm³/mol. The van der Waals surface area contributed by atoms with Crippen molar-refractivity contribution in [1.82, 2.24) is 9.80 Å². The molecule has 1 aliphatic rings. The fourth-order valence-electron chi connectivity index (χ4n) is 2.74. The monoisotopic (exact) mass is 305 g/mol. The van der Waals surface area contributed by atoms with Gasteiger partial charge in [-0.3, -0.25) is 9.69 Å². The van der Waals surface area contributed by atoms with Crippen LogP contribution in [0, 0.1) is 11.3 Å². The van der Waals surface area contributed by atoms with Gasteiger partial charge in [-0.05, 0) is 30.7 Å². The van der Waals surface area contributed by atoms with Gasteiger partial charge in [-0.1, -0.05) is 13.0 Å². The Morgan fingerprint density at radius 1 is 1.43 bits per heavy atom. The molecule has 0 aliphatic carbocycles. The Morgan fingerprint density at radius 3 is 2.76 bits per heavy atom. The summed E-state index contributed by atoms with van der Waals surface area (Å²) in [4.78, 5) is 17.7. The van der Waals surface area contributed by atoms with Crippen molar-refractivity contribution in [2.75, 3.05) is 26.2 Å². The number of thiophene rings is 1. The lowest BCUT2D eigenvalue weighted by Gasteiger charge is -2.36. The highest BCUT2D eigenvalue weighted by Crippen LogP contribution is 2.14. The summed E-state index contributed by atoms with van der Waals surface area (Å²) in [6.07, 6.45) is 3.41. The minimum absolute atomic E-state index is 0.00100. The first kappa shape index (κ1) is 16.0. The van der Waals surface area contributed by atoms with Crippen LogP contribution in [0.2, 0.25) is 0 Å². The van der Waals surface area contributed by atoms with Crippen molar-refractivity contribution in [3.8, 4) is 6.07 Å². The van der Waals surface area contributed by atoms with E-state index in [1.54, 1.807) is 11.3 Å². The Balaban J connectivity index is 1.69. The van der Waals surface area contributed by atoms with Gasteiger partial charge < -0.3 is 4.90 Å². The van der Waals surface area contributed by atoms with Crippen molar-refractivity contribution in [1.29, 1.82) is 5.26 Å². The van der Waals surface area contributed by atoms with E-state index in [4.69, 9.17) is 5.26 Å². The number of hydrogen-bond donors (Lipinski definition) is 0. The third-order valence-electron chi connectivity index (χ3n) is 4.04. The summed E-state index contributed by atoms with van der Waals surface area (Å²) in [6, 6.07) is 6.52. The van der Waals surface area contributed by atoms with Gasteiger partial charge in [0, 0.05) is 37.5 Å². The average molecular weight is 305 g/mol. The summed E-state index contributed by atoms with van der Waals surface area (Å²) < 4.78 is 0. The number of piperazine rings is 1. The minimum Gasteiger partial charge on any atom is -0.340 e. The molecule has 0 bridgehead atoms. The van der Waals surface area contributed by atoms with Gasteiger partial charge in [-0.2, -0.15) is 5.26 Å². The second-order valence-corrected chi connectivity index (χ2v) is 6.44. The quantitative estimate of drug-likeness (QED) is 0.811. The Bertz CT molecular complexity index is 472. The molecule has 2 heterocycles. The van der Waals surface area contributed by atoms with Crippen molar-refractivity contribution in [3.05, 3.63) is 22.4 Å². The predicted octanol–water partition coefficient (Wildman–Crippen LogP) is 2.52. The van der Waals surface area contributed by atoms with E-state index in [1.807, 2.05) is 11.8 Å². The highest BCUT2D eigenvalue weighted by atomic mass is 32.1. The zero-order chi connectivity index (χ0) is 15.1. The first-order valence-corrected chi connectivity index (χ1v) is 8.56. The van der Waals surface area contributed by atoms with Crippen molar-refractivity contribution in [3.63, 3.8) is 0 Å². The summed E-state index contributed by atoms with van der Waals surface area (Å²) in [6.45, 7) is 5.20. The van der Waals surface area contributed by atoms with Gasteiger partial charge in [-0.25, -0.2) is 0 Å². The van der Waals surface area contributed by atoms with Crippen LogP contribution in [0.3, 0.4) is 0 Å². The largest absolute Gasteiger partial charge is 0.340 e. The molecule has 1 amide bonds. The van der Waals surface area contributed by atoms with E-state index < -0.39 is 0 Å². The van der Waals surface area contributed by atoms with E-state index in [9.17, 15) is 4.79 Å². The third kappa shape index (κ3) is 4.55. The van der Waals surface area contributed by atoms with E-state index in [1.165, 1.54) is 4.88 Å². The van der Waals surface area contributed by atoms with Gasteiger partial charge in [0.2, 0.25) is 5.91 Å². The Kier molecular flexibility index (Phi) is 6.21. The first-order chi connectivity index (χ1) is 10.2. The normalized spacial score (nSPS) is 17.4. The van der Waals surface area contributed by atoms with Crippen molar-refractivity contribution >= 4 is 17.2 Å². The molecule has 0 aromatic carbocycles. The molecule has 1 saturated heterocycles. The molecule has 0 N–H and O–H groups in total. The van der Waals surface area contributed by atoms with Crippen LogP contribution in [0.1, 0.15) is 31.1 Å². The van der Waals surface area contributed by atoms with Crippen LogP contribution in [0.5, 0.6) is 0 Å². The van der Waals surface area contributed by atoms with Crippen LogP contribution in [0.4, 0.5) is 0 Å². The van der Waals surface area contributed by atoms with Crippen molar-refractivity contribution in [2.24, 2.45) is 0 Å². The Morgan fingerprint density at radius 2 is 2.19 bits per heavy atom. The first-order valence-electron chi connectivity index (χ1n) is 7.68. The minimum atomic E-state index is 0.00100. The molecule has 0 spiro atoms. The molecule has 1 unspecified atom stereocenters. The molecule has 1 aliphatic heterocycles.